The molecule has 1 nitrogen and oxygen atoms in total. The standard InChI is InChI=1S/C15H17O.3C4H9.Sn/c1-4-5-6-13(2)7-8-14-9-11-15(16-3)12-10-14;3*1-3-4-2;/h2,9-12H,4-6H2,1,3H3;3*1,3-4H2,2H3;. The molecule has 0 fully saturated rings. The third kappa shape index (κ3) is 10.6. The van der Waals surface area contributed by atoms with E-state index in [9.17, 15) is 0 Å². The fourth-order valence-electron chi connectivity index (χ4n) is 3.91. The van der Waals surface area contributed by atoms with Crippen molar-refractivity contribution in [2.45, 2.75) is 98.8 Å². The Labute approximate surface area is 185 Å². The molecule has 0 amide bonds. The van der Waals surface area contributed by atoms with Gasteiger partial charge in [-0.2, -0.15) is 0 Å². The zero-order chi connectivity index (χ0) is 21.4. The molecule has 0 radical (unpaired) electrons. The summed E-state index contributed by atoms with van der Waals surface area (Å²) in [7, 11) is 1.71. The molecule has 0 bridgehead atoms. The molecule has 1 aromatic rings. The van der Waals surface area contributed by atoms with Crippen LogP contribution in [-0.4, -0.2) is 25.5 Å². The Kier molecular flexibility index (Phi) is 14.3. The Morgan fingerprint density at radius 2 is 1.34 bits per heavy atom. The van der Waals surface area contributed by atoms with Gasteiger partial charge in [-0.05, 0) is 0 Å². The molecule has 0 N–H and O–H groups in total. The van der Waals surface area contributed by atoms with Crippen LogP contribution < -0.4 is 4.74 Å². The van der Waals surface area contributed by atoms with Crippen molar-refractivity contribution in [3.8, 4) is 17.6 Å². The first-order valence-corrected chi connectivity index (χ1v) is 19.7. The van der Waals surface area contributed by atoms with Gasteiger partial charge in [-0.3, -0.25) is 0 Å². The van der Waals surface area contributed by atoms with Gasteiger partial charge in [-0.15, -0.1) is 0 Å². The van der Waals surface area contributed by atoms with Crippen LogP contribution in [-0.2, 0) is 0 Å². The molecule has 0 aliphatic rings. The van der Waals surface area contributed by atoms with Crippen molar-refractivity contribution in [2.24, 2.45) is 0 Å². The summed E-state index contributed by atoms with van der Waals surface area (Å²) in [4.78, 5) is 0. The van der Waals surface area contributed by atoms with Crippen LogP contribution in [0.1, 0.15) is 91.0 Å². The van der Waals surface area contributed by atoms with Gasteiger partial charge in [0.15, 0.2) is 0 Å². The van der Waals surface area contributed by atoms with Gasteiger partial charge in [0.1, 0.15) is 0 Å². The zero-order valence-electron chi connectivity index (χ0n) is 19.8. The summed E-state index contributed by atoms with van der Waals surface area (Å²) >= 11 is -2.30. The molecular formula is C27H44OSn. The Morgan fingerprint density at radius 3 is 1.79 bits per heavy atom. The van der Waals surface area contributed by atoms with Crippen LogP contribution in [0.3, 0.4) is 0 Å². The van der Waals surface area contributed by atoms with Crippen LogP contribution in [0, 0.1) is 11.8 Å². The maximum atomic E-state index is 5.28. The summed E-state index contributed by atoms with van der Waals surface area (Å²) < 4.78 is 12.7. The minimum atomic E-state index is -2.30. The van der Waals surface area contributed by atoms with Gasteiger partial charge in [0.25, 0.3) is 0 Å². The molecule has 162 valence electrons. The number of hydrogen-bond acceptors (Lipinski definition) is 1. The van der Waals surface area contributed by atoms with Crippen molar-refractivity contribution in [3.05, 3.63) is 39.5 Å². The average molecular weight is 503 g/mol. The van der Waals surface area contributed by atoms with E-state index < -0.39 is 18.4 Å². The molecule has 0 saturated carbocycles. The van der Waals surface area contributed by atoms with Gasteiger partial charge in [0.05, 0.1) is 0 Å². The molecule has 0 aliphatic carbocycles. The first-order valence-electron chi connectivity index (χ1n) is 12.0. The molecule has 0 saturated heterocycles. The fraction of sp³-hybridized carbons (Fsp3) is 0.630. The molecule has 2 heteroatoms. The number of methoxy groups -OCH3 is 1. The van der Waals surface area contributed by atoms with E-state index in [2.05, 4.69) is 55.8 Å². The molecule has 1 rings (SSSR count). The van der Waals surface area contributed by atoms with Crippen molar-refractivity contribution >= 4 is 18.4 Å². The summed E-state index contributed by atoms with van der Waals surface area (Å²) in [5.41, 5.74) is 2.53. The summed E-state index contributed by atoms with van der Waals surface area (Å²) in [6, 6.07) is 8.16. The summed E-state index contributed by atoms with van der Waals surface area (Å²) in [5, 5.41) is 0. The summed E-state index contributed by atoms with van der Waals surface area (Å²) in [6.45, 7) is 9.33. The predicted octanol–water partition coefficient (Wildman–Crippen LogP) is 8.55. The second-order valence-corrected chi connectivity index (χ2v) is 21.3. The van der Waals surface area contributed by atoms with Gasteiger partial charge in [-0.25, -0.2) is 0 Å². The number of ether oxygens (including phenoxy) is 1. The van der Waals surface area contributed by atoms with Gasteiger partial charge >= 0.3 is 186 Å². The summed E-state index contributed by atoms with van der Waals surface area (Å²) in [5.74, 6) is 7.97. The number of unbranched alkanes of at least 4 members (excludes halogenated alkanes) is 4. The number of benzene rings is 1. The van der Waals surface area contributed by atoms with Gasteiger partial charge in [0, 0.05) is 0 Å². The number of allylic oxidation sites excluding steroid dienone is 1. The van der Waals surface area contributed by atoms with Crippen LogP contribution >= 0.6 is 0 Å². The number of hydrogen-bond donors (Lipinski definition) is 0. The topological polar surface area (TPSA) is 9.23 Å². The van der Waals surface area contributed by atoms with E-state index >= 15 is 0 Å². The van der Waals surface area contributed by atoms with Crippen LogP contribution in [0.4, 0.5) is 0 Å². The maximum absolute atomic E-state index is 5.28. The molecule has 0 heterocycles. The first kappa shape index (κ1) is 26.2. The van der Waals surface area contributed by atoms with Crippen LogP contribution in [0.5, 0.6) is 5.75 Å². The van der Waals surface area contributed by atoms with Crippen molar-refractivity contribution < 1.29 is 4.74 Å². The van der Waals surface area contributed by atoms with Gasteiger partial charge in [-0.1, -0.05) is 0 Å². The fourth-order valence-corrected chi connectivity index (χ4v) is 19.1. The van der Waals surface area contributed by atoms with Crippen molar-refractivity contribution in [1.82, 2.24) is 0 Å². The molecular weight excluding hydrogens is 459 g/mol. The zero-order valence-corrected chi connectivity index (χ0v) is 22.6. The molecule has 0 atom stereocenters. The van der Waals surface area contributed by atoms with E-state index in [0.29, 0.717) is 0 Å². The second-order valence-electron chi connectivity index (χ2n) is 8.42. The average Bonchev–Trinajstić information content (AvgIpc) is 2.76. The third-order valence-electron chi connectivity index (χ3n) is 5.82. The molecule has 29 heavy (non-hydrogen) atoms. The molecule has 0 spiro atoms. The Balaban J connectivity index is 3.21. The SMILES string of the molecule is CCCC/C(C#Cc1ccc(OC)cc1)=[CH]\[Sn]([CH2]CCC)([CH2]CCC)[CH2]CCC. The third-order valence-corrected chi connectivity index (χ3v) is 20.1. The first-order chi connectivity index (χ1) is 14.1. The van der Waals surface area contributed by atoms with E-state index in [1.54, 1.807) is 7.11 Å². The van der Waals surface area contributed by atoms with E-state index in [4.69, 9.17) is 4.74 Å². The Hall–Kier alpha value is -0.881. The van der Waals surface area contributed by atoms with Crippen molar-refractivity contribution in [2.75, 3.05) is 7.11 Å². The second kappa shape index (κ2) is 15.9. The monoisotopic (exact) mass is 504 g/mol. The van der Waals surface area contributed by atoms with Crippen molar-refractivity contribution in [1.29, 1.82) is 0 Å². The summed E-state index contributed by atoms with van der Waals surface area (Å²) in [6.07, 6.45) is 11.9. The van der Waals surface area contributed by atoms with Gasteiger partial charge in [0.2, 0.25) is 0 Å². The molecule has 0 unspecified atom stereocenters. The van der Waals surface area contributed by atoms with E-state index in [0.717, 1.165) is 17.7 Å². The van der Waals surface area contributed by atoms with E-state index in [1.807, 2.05) is 12.1 Å². The van der Waals surface area contributed by atoms with Gasteiger partial charge < -0.3 is 0 Å². The van der Waals surface area contributed by atoms with Crippen LogP contribution in [0.15, 0.2) is 33.9 Å². The van der Waals surface area contributed by atoms with E-state index in [1.165, 1.54) is 70.2 Å². The minimum absolute atomic E-state index is 0.895. The molecule has 0 aliphatic heterocycles. The molecule has 0 aromatic heterocycles. The predicted molar refractivity (Wildman–Crippen MR) is 132 cm³/mol. The quantitative estimate of drug-likeness (QED) is 0.183. The molecule has 1 aromatic carbocycles. The Bertz CT molecular complexity index is 611. The van der Waals surface area contributed by atoms with Crippen LogP contribution in [0.2, 0.25) is 13.3 Å². The normalized spacial score (nSPS) is 11.8. The van der Waals surface area contributed by atoms with E-state index in [-0.39, 0.29) is 0 Å². The van der Waals surface area contributed by atoms with Crippen molar-refractivity contribution in [3.63, 3.8) is 0 Å². The Morgan fingerprint density at radius 1 is 0.828 bits per heavy atom. The number of rotatable bonds is 14. The van der Waals surface area contributed by atoms with Crippen LogP contribution in [0.25, 0.3) is 0 Å².